The normalized spacial score (nSPS) is 10.2. The zero-order valence-corrected chi connectivity index (χ0v) is 12.0. The van der Waals surface area contributed by atoms with E-state index in [1.54, 1.807) is 13.2 Å². The number of urea groups is 1. The zero-order valence-electron chi connectivity index (χ0n) is 12.0. The van der Waals surface area contributed by atoms with Crippen molar-refractivity contribution in [1.82, 2.24) is 20.8 Å². The molecule has 0 aliphatic rings. The van der Waals surface area contributed by atoms with Crippen molar-refractivity contribution in [3.8, 4) is 17.2 Å². The molecule has 1 aromatic heterocycles. The van der Waals surface area contributed by atoms with E-state index in [2.05, 4.69) is 20.8 Å². The lowest BCUT2D eigenvalue weighted by Gasteiger charge is -2.03. The van der Waals surface area contributed by atoms with Crippen LogP contribution in [0.4, 0.5) is 4.79 Å². The molecule has 7 heteroatoms. The van der Waals surface area contributed by atoms with Crippen LogP contribution in [-0.4, -0.2) is 29.9 Å². The van der Waals surface area contributed by atoms with Crippen molar-refractivity contribution in [3.63, 3.8) is 0 Å². The number of benzene rings is 1. The highest BCUT2D eigenvalue weighted by atomic mass is 16.5. The van der Waals surface area contributed by atoms with E-state index in [1.165, 1.54) is 0 Å². The average Bonchev–Trinajstić information content (AvgIpc) is 3.00. The van der Waals surface area contributed by atoms with E-state index in [0.717, 1.165) is 12.0 Å². The molecular formula is C14H18N4O3. The number of ether oxygens (including phenoxy) is 1. The van der Waals surface area contributed by atoms with Gasteiger partial charge >= 0.3 is 6.03 Å². The Morgan fingerprint density at radius 1 is 1.33 bits per heavy atom. The van der Waals surface area contributed by atoms with E-state index in [4.69, 9.17) is 9.15 Å². The molecule has 2 aromatic rings. The first kappa shape index (κ1) is 14.8. The topological polar surface area (TPSA) is 89.3 Å². The Morgan fingerprint density at radius 3 is 2.95 bits per heavy atom. The highest BCUT2D eigenvalue weighted by molar-refractivity contribution is 5.73. The Hall–Kier alpha value is -2.57. The highest BCUT2D eigenvalue weighted by Crippen LogP contribution is 2.22. The van der Waals surface area contributed by atoms with Gasteiger partial charge in [-0.25, -0.2) is 4.79 Å². The summed E-state index contributed by atoms with van der Waals surface area (Å²) in [5.41, 5.74) is 0.767. The lowest BCUT2D eigenvalue weighted by atomic mass is 10.2. The second-order valence-electron chi connectivity index (χ2n) is 4.34. The van der Waals surface area contributed by atoms with Gasteiger partial charge in [0, 0.05) is 12.1 Å². The molecule has 112 valence electrons. The minimum Gasteiger partial charge on any atom is -0.497 e. The fourth-order valence-electron chi connectivity index (χ4n) is 1.65. The number of hydrogen-bond donors (Lipinski definition) is 2. The van der Waals surface area contributed by atoms with Gasteiger partial charge in [-0.15, -0.1) is 10.2 Å². The van der Waals surface area contributed by atoms with Crippen LogP contribution < -0.4 is 15.4 Å². The number of methoxy groups -OCH3 is 1. The molecule has 0 bridgehead atoms. The van der Waals surface area contributed by atoms with Gasteiger partial charge in [-0.05, 0) is 24.6 Å². The summed E-state index contributed by atoms with van der Waals surface area (Å²) in [6.07, 6.45) is 0.883. The third-order valence-corrected chi connectivity index (χ3v) is 2.72. The molecule has 2 N–H and O–H groups in total. The van der Waals surface area contributed by atoms with Crippen LogP contribution in [0.5, 0.6) is 5.75 Å². The van der Waals surface area contributed by atoms with Crippen molar-refractivity contribution in [3.05, 3.63) is 30.2 Å². The Kier molecular flexibility index (Phi) is 5.14. The molecule has 1 aromatic carbocycles. The maximum absolute atomic E-state index is 11.4. The van der Waals surface area contributed by atoms with Crippen LogP contribution in [0, 0.1) is 0 Å². The van der Waals surface area contributed by atoms with Crippen LogP contribution in [0.3, 0.4) is 0 Å². The molecule has 0 saturated heterocycles. The number of nitrogens with zero attached hydrogens (tertiary/aromatic N) is 2. The molecule has 0 spiro atoms. The van der Waals surface area contributed by atoms with Crippen LogP contribution in [0.1, 0.15) is 19.2 Å². The van der Waals surface area contributed by atoms with Crippen LogP contribution in [0.15, 0.2) is 28.7 Å². The predicted molar refractivity (Wildman–Crippen MR) is 76.8 cm³/mol. The summed E-state index contributed by atoms with van der Waals surface area (Å²) in [4.78, 5) is 11.4. The number of hydrogen-bond acceptors (Lipinski definition) is 5. The molecule has 0 radical (unpaired) electrons. The van der Waals surface area contributed by atoms with Gasteiger partial charge in [-0.2, -0.15) is 0 Å². The zero-order chi connectivity index (χ0) is 15.1. The molecule has 7 nitrogen and oxygen atoms in total. The molecule has 0 aliphatic heterocycles. The summed E-state index contributed by atoms with van der Waals surface area (Å²) in [5.74, 6) is 1.45. The van der Waals surface area contributed by atoms with Gasteiger partial charge < -0.3 is 19.8 Å². The second-order valence-corrected chi connectivity index (χ2v) is 4.34. The molecule has 0 fully saturated rings. The summed E-state index contributed by atoms with van der Waals surface area (Å²) in [7, 11) is 1.59. The molecule has 2 amide bonds. The van der Waals surface area contributed by atoms with Gasteiger partial charge in [0.05, 0.1) is 13.7 Å². The van der Waals surface area contributed by atoms with Crippen molar-refractivity contribution in [2.24, 2.45) is 0 Å². The molecule has 2 rings (SSSR count). The van der Waals surface area contributed by atoms with Crippen LogP contribution in [0.2, 0.25) is 0 Å². The molecule has 0 saturated carbocycles. The van der Waals surface area contributed by atoms with Crippen LogP contribution >= 0.6 is 0 Å². The summed E-state index contributed by atoms with van der Waals surface area (Å²) >= 11 is 0. The second kappa shape index (κ2) is 7.28. The van der Waals surface area contributed by atoms with E-state index in [9.17, 15) is 4.79 Å². The highest BCUT2D eigenvalue weighted by Gasteiger charge is 2.10. The third-order valence-electron chi connectivity index (χ3n) is 2.72. The van der Waals surface area contributed by atoms with E-state index in [0.29, 0.717) is 24.1 Å². The van der Waals surface area contributed by atoms with Gasteiger partial charge in [0.25, 0.3) is 0 Å². The van der Waals surface area contributed by atoms with Crippen molar-refractivity contribution in [2.45, 2.75) is 19.9 Å². The molecular weight excluding hydrogens is 272 g/mol. The summed E-state index contributed by atoms with van der Waals surface area (Å²) in [6, 6.07) is 7.08. The van der Waals surface area contributed by atoms with Gasteiger partial charge in [0.2, 0.25) is 11.8 Å². The van der Waals surface area contributed by atoms with Gasteiger partial charge in [0.1, 0.15) is 5.75 Å². The monoisotopic (exact) mass is 290 g/mol. The van der Waals surface area contributed by atoms with E-state index >= 15 is 0 Å². The van der Waals surface area contributed by atoms with Gasteiger partial charge in [0.15, 0.2) is 0 Å². The number of nitrogens with one attached hydrogen (secondary N) is 2. The minimum absolute atomic E-state index is 0.187. The molecule has 0 atom stereocenters. The van der Waals surface area contributed by atoms with Crippen molar-refractivity contribution < 1.29 is 13.9 Å². The van der Waals surface area contributed by atoms with Crippen molar-refractivity contribution in [2.75, 3.05) is 13.7 Å². The lowest BCUT2D eigenvalue weighted by Crippen LogP contribution is -2.35. The molecule has 0 aliphatic carbocycles. The number of amides is 2. The van der Waals surface area contributed by atoms with E-state index in [1.807, 2.05) is 25.1 Å². The smallest absolute Gasteiger partial charge is 0.315 e. The predicted octanol–water partition coefficient (Wildman–Crippen LogP) is 1.95. The Morgan fingerprint density at radius 2 is 2.19 bits per heavy atom. The number of aromatic nitrogens is 2. The molecule has 21 heavy (non-hydrogen) atoms. The van der Waals surface area contributed by atoms with Crippen LogP contribution in [-0.2, 0) is 6.54 Å². The SMILES string of the molecule is CCCNC(=O)NCc1nnc(-c2cccc(OC)c2)o1. The van der Waals surface area contributed by atoms with E-state index < -0.39 is 0 Å². The maximum atomic E-state index is 11.4. The standard InChI is InChI=1S/C14H18N4O3/c1-3-7-15-14(19)16-9-12-17-18-13(21-12)10-5-4-6-11(8-10)20-2/h4-6,8H,3,7,9H2,1-2H3,(H2,15,16,19). The number of carbonyl (C=O) groups is 1. The summed E-state index contributed by atoms with van der Waals surface area (Å²) in [6.45, 7) is 2.80. The first-order valence-electron chi connectivity index (χ1n) is 6.71. The maximum Gasteiger partial charge on any atom is 0.315 e. The third kappa shape index (κ3) is 4.20. The Balaban J connectivity index is 1.96. The van der Waals surface area contributed by atoms with Crippen molar-refractivity contribution in [1.29, 1.82) is 0 Å². The average molecular weight is 290 g/mol. The van der Waals surface area contributed by atoms with Crippen molar-refractivity contribution >= 4 is 6.03 Å². The first-order valence-corrected chi connectivity index (χ1v) is 6.71. The lowest BCUT2D eigenvalue weighted by molar-refractivity contribution is 0.239. The largest absolute Gasteiger partial charge is 0.497 e. The first-order chi connectivity index (χ1) is 10.2. The Bertz CT molecular complexity index is 597. The summed E-state index contributed by atoms with van der Waals surface area (Å²) < 4.78 is 10.6. The van der Waals surface area contributed by atoms with Gasteiger partial charge in [-0.3, -0.25) is 0 Å². The van der Waals surface area contributed by atoms with Gasteiger partial charge in [-0.1, -0.05) is 13.0 Å². The fraction of sp³-hybridized carbons (Fsp3) is 0.357. The summed E-state index contributed by atoms with van der Waals surface area (Å²) in [5, 5.41) is 13.2. The van der Waals surface area contributed by atoms with Crippen LogP contribution in [0.25, 0.3) is 11.5 Å². The quantitative estimate of drug-likeness (QED) is 0.848. The Labute approximate surface area is 122 Å². The minimum atomic E-state index is -0.252. The van der Waals surface area contributed by atoms with E-state index in [-0.39, 0.29) is 12.6 Å². The number of rotatable bonds is 6. The fourth-order valence-corrected chi connectivity index (χ4v) is 1.65. The molecule has 0 unspecified atom stereocenters. The number of carbonyl (C=O) groups excluding carboxylic acids is 1. The molecule has 1 heterocycles.